The minimum atomic E-state index is -0.205. The zero-order chi connectivity index (χ0) is 14.7. The third-order valence-corrected chi connectivity index (χ3v) is 4.58. The second-order valence-corrected chi connectivity index (χ2v) is 5.91. The minimum absolute atomic E-state index is 0.0238. The molecule has 0 bridgehead atoms. The molecule has 1 fully saturated rings. The summed E-state index contributed by atoms with van der Waals surface area (Å²) in [6.45, 7) is 3.73. The first-order valence-electron chi connectivity index (χ1n) is 7.10. The van der Waals surface area contributed by atoms with Crippen LogP contribution < -0.4 is 10.1 Å². The Kier molecular flexibility index (Phi) is 4.53. The number of hydrogen-bond acceptors (Lipinski definition) is 4. The molecule has 0 saturated carbocycles. The van der Waals surface area contributed by atoms with Gasteiger partial charge in [-0.25, -0.2) is 4.39 Å². The van der Waals surface area contributed by atoms with Crippen molar-refractivity contribution in [3.63, 3.8) is 0 Å². The smallest absolute Gasteiger partial charge is 0.132 e. The van der Waals surface area contributed by atoms with E-state index in [1.54, 1.807) is 18.4 Å². The summed E-state index contributed by atoms with van der Waals surface area (Å²) in [6, 6.07) is 7.21. The molecule has 0 radical (unpaired) electrons. The molecule has 1 aliphatic rings. The van der Waals surface area contributed by atoms with E-state index in [0.717, 1.165) is 37.3 Å². The zero-order valence-electron chi connectivity index (χ0n) is 12.0. The zero-order valence-corrected chi connectivity index (χ0v) is 12.8. The van der Waals surface area contributed by atoms with Gasteiger partial charge in [-0.3, -0.25) is 4.90 Å². The van der Waals surface area contributed by atoms with Crippen molar-refractivity contribution in [3.8, 4) is 5.75 Å². The van der Waals surface area contributed by atoms with Crippen LogP contribution in [0.4, 0.5) is 4.39 Å². The number of ether oxygens (including phenoxy) is 1. The summed E-state index contributed by atoms with van der Waals surface area (Å²) in [6.07, 6.45) is 0. The molecular weight excluding hydrogens is 287 g/mol. The molecule has 3 nitrogen and oxygen atoms in total. The van der Waals surface area contributed by atoms with Gasteiger partial charge in [0.05, 0.1) is 13.2 Å². The maximum atomic E-state index is 14.5. The van der Waals surface area contributed by atoms with Gasteiger partial charge in [-0.05, 0) is 28.5 Å². The van der Waals surface area contributed by atoms with Crippen LogP contribution in [0.5, 0.6) is 5.75 Å². The van der Waals surface area contributed by atoms with Crippen LogP contribution in [0, 0.1) is 5.82 Å². The number of methoxy groups -OCH3 is 1. The summed E-state index contributed by atoms with van der Waals surface area (Å²) in [4.78, 5) is 2.34. The van der Waals surface area contributed by atoms with Crippen LogP contribution >= 0.6 is 11.3 Å². The molecule has 0 aliphatic carbocycles. The predicted octanol–water partition coefficient (Wildman–Crippen LogP) is 2.89. The van der Waals surface area contributed by atoms with E-state index in [1.807, 2.05) is 17.5 Å². The second kappa shape index (κ2) is 6.56. The highest BCUT2D eigenvalue weighted by Gasteiger charge is 2.26. The van der Waals surface area contributed by atoms with Crippen molar-refractivity contribution in [2.75, 3.05) is 33.3 Å². The van der Waals surface area contributed by atoms with Gasteiger partial charge in [-0.2, -0.15) is 11.3 Å². The summed E-state index contributed by atoms with van der Waals surface area (Å²) in [5.41, 5.74) is 1.88. The maximum absolute atomic E-state index is 14.5. The van der Waals surface area contributed by atoms with Crippen molar-refractivity contribution in [1.82, 2.24) is 10.2 Å². The maximum Gasteiger partial charge on any atom is 0.132 e. The molecule has 0 amide bonds. The number of nitrogens with one attached hydrogen (secondary N) is 1. The molecule has 2 aromatic rings. The molecule has 1 aromatic carbocycles. The molecule has 3 rings (SSSR count). The lowest BCUT2D eigenvalue weighted by molar-refractivity contribution is 0.195. The minimum Gasteiger partial charge on any atom is -0.497 e. The van der Waals surface area contributed by atoms with E-state index in [0.29, 0.717) is 5.75 Å². The summed E-state index contributed by atoms with van der Waals surface area (Å²) < 4.78 is 19.6. The Hall–Kier alpha value is -1.43. The molecule has 0 unspecified atom stereocenters. The number of nitrogens with zero attached hydrogens (tertiary/aromatic N) is 1. The monoisotopic (exact) mass is 306 g/mol. The van der Waals surface area contributed by atoms with Crippen molar-refractivity contribution < 1.29 is 9.13 Å². The Morgan fingerprint density at radius 1 is 1.29 bits per heavy atom. The summed E-state index contributed by atoms with van der Waals surface area (Å²) in [5.74, 6) is 0.352. The van der Waals surface area contributed by atoms with Gasteiger partial charge in [-0.15, -0.1) is 0 Å². The van der Waals surface area contributed by atoms with Crippen LogP contribution in [-0.2, 0) is 0 Å². The molecule has 2 heterocycles. The predicted molar refractivity (Wildman–Crippen MR) is 83.6 cm³/mol. The Morgan fingerprint density at radius 3 is 2.71 bits per heavy atom. The van der Waals surface area contributed by atoms with Crippen molar-refractivity contribution >= 4 is 11.3 Å². The molecule has 1 aromatic heterocycles. The summed E-state index contributed by atoms with van der Waals surface area (Å²) in [5, 5.41) is 7.50. The number of thiophene rings is 1. The lowest BCUT2D eigenvalue weighted by Gasteiger charge is -2.35. The van der Waals surface area contributed by atoms with E-state index < -0.39 is 0 Å². The average molecular weight is 306 g/mol. The Balaban J connectivity index is 1.98. The van der Waals surface area contributed by atoms with Gasteiger partial charge >= 0.3 is 0 Å². The number of hydrogen-bond donors (Lipinski definition) is 1. The van der Waals surface area contributed by atoms with E-state index >= 15 is 0 Å². The standard InChI is InChI=1S/C16H19FN2OS/c1-20-13-2-3-14(15(17)10-13)16(12-4-9-21-11-12)19-7-5-18-6-8-19/h2-4,9-11,16,18H,5-8H2,1H3/t16-/m1/s1. The van der Waals surface area contributed by atoms with Crippen LogP contribution in [0.25, 0.3) is 0 Å². The average Bonchev–Trinajstić information content (AvgIpc) is 3.04. The molecule has 1 saturated heterocycles. The van der Waals surface area contributed by atoms with E-state index in [4.69, 9.17) is 4.74 Å². The lowest BCUT2D eigenvalue weighted by atomic mass is 9.98. The van der Waals surface area contributed by atoms with Crippen molar-refractivity contribution in [1.29, 1.82) is 0 Å². The molecule has 21 heavy (non-hydrogen) atoms. The Labute approximate surface area is 128 Å². The lowest BCUT2D eigenvalue weighted by Crippen LogP contribution is -2.45. The first-order chi connectivity index (χ1) is 10.3. The molecule has 112 valence electrons. The highest BCUT2D eigenvalue weighted by molar-refractivity contribution is 7.08. The van der Waals surface area contributed by atoms with Crippen molar-refractivity contribution in [2.45, 2.75) is 6.04 Å². The number of halogens is 1. The molecule has 0 spiro atoms. The number of rotatable bonds is 4. The summed E-state index contributed by atoms with van der Waals surface area (Å²) in [7, 11) is 1.56. The van der Waals surface area contributed by atoms with Crippen LogP contribution in [0.1, 0.15) is 17.2 Å². The van der Waals surface area contributed by atoms with Gasteiger partial charge in [-0.1, -0.05) is 6.07 Å². The molecule has 1 aliphatic heterocycles. The Morgan fingerprint density at radius 2 is 2.10 bits per heavy atom. The first-order valence-corrected chi connectivity index (χ1v) is 8.04. The fourth-order valence-corrected chi connectivity index (χ4v) is 3.49. The molecule has 5 heteroatoms. The van der Waals surface area contributed by atoms with Crippen LogP contribution in [-0.4, -0.2) is 38.2 Å². The highest BCUT2D eigenvalue weighted by atomic mass is 32.1. The van der Waals surface area contributed by atoms with E-state index in [1.165, 1.54) is 6.07 Å². The van der Waals surface area contributed by atoms with Crippen molar-refractivity contribution in [2.24, 2.45) is 0 Å². The molecule has 1 atom stereocenters. The quantitative estimate of drug-likeness (QED) is 0.940. The van der Waals surface area contributed by atoms with Crippen LogP contribution in [0.2, 0.25) is 0 Å². The van der Waals surface area contributed by atoms with Gasteiger partial charge in [0.1, 0.15) is 11.6 Å². The van der Waals surface area contributed by atoms with Crippen molar-refractivity contribution in [3.05, 3.63) is 52.0 Å². The number of piperazine rings is 1. The Bertz CT molecular complexity index is 582. The normalized spacial score (nSPS) is 17.6. The van der Waals surface area contributed by atoms with Gasteiger partial charge in [0, 0.05) is 37.8 Å². The third-order valence-electron chi connectivity index (χ3n) is 3.88. The largest absolute Gasteiger partial charge is 0.497 e. The topological polar surface area (TPSA) is 24.5 Å². The SMILES string of the molecule is COc1ccc([C@@H](c2ccsc2)N2CCNCC2)c(F)c1. The van der Waals surface area contributed by atoms with E-state index in [9.17, 15) is 4.39 Å². The van der Waals surface area contributed by atoms with Gasteiger partial charge in [0.25, 0.3) is 0 Å². The second-order valence-electron chi connectivity index (χ2n) is 5.13. The fourth-order valence-electron chi connectivity index (χ4n) is 2.81. The van der Waals surface area contributed by atoms with Crippen LogP contribution in [0.3, 0.4) is 0 Å². The third kappa shape index (κ3) is 3.10. The summed E-state index contributed by atoms with van der Waals surface area (Å²) >= 11 is 1.65. The highest BCUT2D eigenvalue weighted by Crippen LogP contribution is 2.33. The van der Waals surface area contributed by atoms with Gasteiger partial charge in [0.2, 0.25) is 0 Å². The van der Waals surface area contributed by atoms with E-state index in [2.05, 4.69) is 21.7 Å². The van der Waals surface area contributed by atoms with Gasteiger partial charge in [0.15, 0.2) is 0 Å². The molecule has 1 N–H and O–H groups in total. The first kappa shape index (κ1) is 14.5. The molecular formula is C16H19FN2OS. The van der Waals surface area contributed by atoms with Crippen LogP contribution in [0.15, 0.2) is 35.0 Å². The van der Waals surface area contributed by atoms with Gasteiger partial charge < -0.3 is 10.1 Å². The number of benzene rings is 1. The fraction of sp³-hybridized carbons (Fsp3) is 0.375. The van der Waals surface area contributed by atoms with E-state index in [-0.39, 0.29) is 11.9 Å².